The molecule has 0 heterocycles. The summed E-state index contributed by atoms with van der Waals surface area (Å²) in [5, 5.41) is 14.7. The van der Waals surface area contributed by atoms with Crippen LogP contribution < -0.4 is 10.6 Å². The SMILES string of the molecule is CCC(C)c1ccccc1NC(=O)C(=O)Nc1ccccc1O. The standard InChI is InChI=1S/C18H20N2O3/c1-3-12(2)13-8-4-5-9-14(13)19-17(22)18(23)20-15-10-6-7-11-16(15)21/h4-12,21H,3H2,1-2H3,(H,19,22)(H,20,23). The van der Waals surface area contributed by atoms with E-state index in [2.05, 4.69) is 24.5 Å². The van der Waals surface area contributed by atoms with E-state index in [4.69, 9.17) is 0 Å². The molecule has 3 N–H and O–H groups in total. The molecule has 0 aliphatic rings. The van der Waals surface area contributed by atoms with Gasteiger partial charge in [-0.05, 0) is 36.1 Å². The van der Waals surface area contributed by atoms with Crippen LogP contribution >= 0.6 is 0 Å². The Bertz CT molecular complexity index is 713. The molecular weight excluding hydrogens is 292 g/mol. The molecule has 1 atom stereocenters. The maximum atomic E-state index is 12.1. The number of phenols is 1. The van der Waals surface area contributed by atoms with Crippen LogP contribution in [0.5, 0.6) is 5.75 Å². The highest BCUT2D eigenvalue weighted by atomic mass is 16.3. The number of hydrogen-bond donors (Lipinski definition) is 3. The van der Waals surface area contributed by atoms with Gasteiger partial charge in [0.2, 0.25) is 0 Å². The molecule has 0 saturated heterocycles. The largest absolute Gasteiger partial charge is 0.506 e. The molecule has 0 bridgehead atoms. The quantitative estimate of drug-likeness (QED) is 0.597. The van der Waals surface area contributed by atoms with Gasteiger partial charge in [-0.3, -0.25) is 9.59 Å². The van der Waals surface area contributed by atoms with Gasteiger partial charge in [-0.25, -0.2) is 0 Å². The smallest absolute Gasteiger partial charge is 0.314 e. The molecule has 2 amide bonds. The Hall–Kier alpha value is -2.82. The van der Waals surface area contributed by atoms with E-state index in [1.165, 1.54) is 12.1 Å². The van der Waals surface area contributed by atoms with Crippen LogP contribution in [0.25, 0.3) is 0 Å². The van der Waals surface area contributed by atoms with Crippen LogP contribution in [0.3, 0.4) is 0 Å². The monoisotopic (exact) mass is 312 g/mol. The van der Waals surface area contributed by atoms with Crippen molar-refractivity contribution in [2.75, 3.05) is 10.6 Å². The molecule has 0 aliphatic heterocycles. The first-order valence-corrected chi connectivity index (χ1v) is 7.52. The fourth-order valence-corrected chi connectivity index (χ4v) is 2.20. The van der Waals surface area contributed by atoms with Crippen molar-refractivity contribution < 1.29 is 14.7 Å². The number of amides is 2. The van der Waals surface area contributed by atoms with Gasteiger partial charge >= 0.3 is 11.8 Å². The maximum Gasteiger partial charge on any atom is 0.314 e. The highest BCUT2D eigenvalue weighted by Gasteiger charge is 2.17. The Labute approximate surface area is 135 Å². The number of rotatable bonds is 4. The van der Waals surface area contributed by atoms with Crippen molar-refractivity contribution in [3.05, 3.63) is 54.1 Å². The molecular formula is C18H20N2O3. The fourth-order valence-electron chi connectivity index (χ4n) is 2.20. The first-order valence-electron chi connectivity index (χ1n) is 7.52. The minimum atomic E-state index is -0.828. The third-order valence-electron chi connectivity index (χ3n) is 3.71. The van der Waals surface area contributed by atoms with Gasteiger partial charge in [0, 0.05) is 5.69 Å². The summed E-state index contributed by atoms with van der Waals surface area (Å²) >= 11 is 0. The Kier molecular flexibility index (Phi) is 5.36. The minimum absolute atomic E-state index is 0.0892. The van der Waals surface area contributed by atoms with E-state index in [1.54, 1.807) is 18.2 Å². The van der Waals surface area contributed by atoms with Gasteiger partial charge in [0.1, 0.15) is 5.75 Å². The van der Waals surface area contributed by atoms with Gasteiger partial charge in [-0.1, -0.05) is 44.2 Å². The first-order chi connectivity index (χ1) is 11.0. The van der Waals surface area contributed by atoms with Crippen molar-refractivity contribution in [2.45, 2.75) is 26.2 Å². The highest BCUT2D eigenvalue weighted by Crippen LogP contribution is 2.26. The van der Waals surface area contributed by atoms with E-state index >= 15 is 0 Å². The molecule has 120 valence electrons. The van der Waals surface area contributed by atoms with Crippen molar-refractivity contribution in [2.24, 2.45) is 0 Å². The molecule has 0 spiro atoms. The van der Waals surface area contributed by atoms with Crippen molar-refractivity contribution in [3.8, 4) is 5.75 Å². The Morgan fingerprint density at radius 1 is 0.957 bits per heavy atom. The zero-order chi connectivity index (χ0) is 16.8. The number of phenolic OH excluding ortho intramolecular Hbond substituents is 1. The van der Waals surface area contributed by atoms with E-state index in [1.807, 2.05) is 18.2 Å². The summed E-state index contributed by atoms with van der Waals surface area (Å²) in [6.45, 7) is 4.13. The molecule has 2 aromatic carbocycles. The van der Waals surface area contributed by atoms with Gasteiger partial charge in [-0.2, -0.15) is 0 Å². The molecule has 0 fully saturated rings. The van der Waals surface area contributed by atoms with Crippen LogP contribution in [-0.2, 0) is 9.59 Å². The normalized spacial score (nSPS) is 11.6. The summed E-state index contributed by atoms with van der Waals surface area (Å²) in [4.78, 5) is 24.1. The van der Waals surface area contributed by atoms with Crippen molar-refractivity contribution in [3.63, 3.8) is 0 Å². The van der Waals surface area contributed by atoms with Crippen molar-refractivity contribution in [1.29, 1.82) is 0 Å². The lowest BCUT2D eigenvalue weighted by atomic mass is 9.97. The van der Waals surface area contributed by atoms with Gasteiger partial charge < -0.3 is 15.7 Å². The Morgan fingerprint density at radius 2 is 1.48 bits per heavy atom. The number of nitrogens with one attached hydrogen (secondary N) is 2. The molecule has 0 aromatic heterocycles. The molecule has 23 heavy (non-hydrogen) atoms. The Morgan fingerprint density at radius 3 is 2.09 bits per heavy atom. The summed E-state index contributed by atoms with van der Waals surface area (Å²) in [7, 11) is 0. The molecule has 5 nitrogen and oxygen atoms in total. The zero-order valence-electron chi connectivity index (χ0n) is 13.2. The van der Waals surface area contributed by atoms with Gasteiger partial charge in [0.15, 0.2) is 0 Å². The molecule has 2 rings (SSSR count). The second-order valence-electron chi connectivity index (χ2n) is 5.32. The predicted octanol–water partition coefficient (Wildman–Crippen LogP) is 3.48. The third kappa shape index (κ3) is 4.10. The van der Waals surface area contributed by atoms with Crippen LogP contribution in [0.4, 0.5) is 11.4 Å². The van der Waals surface area contributed by atoms with Crippen molar-refractivity contribution >= 4 is 23.2 Å². The van der Waals surface area contributed by atoms with Crippen LogP contribution in [0.1, 0.15) is 31.7 Å². The average Bonchev–Trinajstić information content (AvgIpc) is 2.56. The van der Waals surface area contributed by atoms with Crippen molar-refractivity contribution in [1.82, 2.24) is 0 Å². The summed E-state index contributed by atoms with van der Waals surface area (Å²) in [6.07, 6.45) is 0.928. The van der Waals surface area contributed by atoms with Crippen LogP contribution in [0.15, 0.2) is 48.5 Å². The highest BCUT2D eigenvalue weighted by molar-refractivity contribution is 6.43. The van der Waals surface area contributed by atoms with E-state index in [9.17, 15) is 14.7 Å². The molecule has 5 heteroatoms. The first kappa shape index (κ1) is 16.5. The summed E-state index contributed by atoms with van der Waals surface area (Å²) in [5.41, 5.74) is 1.81. The predicted molar refractivity (Wildman–Crippen MR) is 90.5 cm³/mol. The molecule has 0 radical (unpaired) electrons. The third-order valence-corrected chi connectivity index (χ3v) is 3.71. The minimum Gasteiger partial charge on any atom is -0.506 e. The molecule has 1 unspecified atom stereocenters. The van der Waals surface area contributed by atoms with Gasteiger partial charge in [-0.15, -0.1) is 0 Å². The number of carbonyl (C=O) groups excluding carboxylic acids is 2. The van der Waals surface area contributed by atoms with E-state index in [0.29, 0.717) is 5.69 Å². The Balaban J connectivity index is 2.10. The summed E-state index contributed by atoms with van der Waals surface area (Å²) < 4.78 is 0. The number of aromatic hydroxyl groups is 1. The summed E-state index contributed by atoms with van der Waals surface area (Å²) in [6, 6.07) is 13.7. The van der Waals surface area contributed by atoms with Crippen LogP contribution in [0.2, 0.25) is 0 Å². The lowest BCUT2D eigenvalue weighted by Crippen LogP contribution is -2.29. The lowest BCUT2D eigenvalue weighted by molar-refractivity contribution is -0.133. The molecule has 0 saturated carbocycles. The second-order valence-corrected chi connectivity index (χ2v) is 5.32. The van der Waals surface area contributed by atoms with Crippen LogP contribution in [-0.4, -0.2) is 16.9 Å². The molecule has 2 aromatic rings. The van der Waals surface area contributed by atoms with E-state index in [0.717, 1.165) is 12.0 Å². The van der Waals surface area contributed by atoms with E-state index < -0.39 is 11.8 Å². The van der Waals surface area contributed by atoms with E-state index in [-0.39, 0.29) is 17.4 Å². The number of carbonyl (C=O) groups is 2. The summed E-state index contributed by atoms with van der Waals surface area (Å²) in [5.74, 6) is -1.42. The van der Waals surface area contributed by atoms with Gasteiger partial charge in [0.25, 0.3) is 0 Å². The number of para-hydroxylation sites is 3. The fraction of sp³-hybridized carbons (Fsp3) is 0.222. The number of hydrogen-bond acceptors (Lipinski definition) is 3. The number of anilines is 2. The average molecular weight is 312 g/mol. The van der Waals surface area contributed by atoms with Gasteiger partial charge in [0.05, 0.1) is 5.69 Å². The molecule has 0 aliphatic carbocycles. The lowest BCUT2D eigenvalue weighted by Gasteiger charge is -2.15. The maximum absolute atomic E-state index is 12.1. The topological polar surface area (TPSA) is 78.4 Å². The number of benzene rings is 2. The zero-order valence-corrected chi connectivity index (χ0v) is 13.2. The van der Waals surface area contributed by atoms with Crippen LogP contribution in [0, 0.1) is 0 Å². The second kappa shape index (κ2) is 7.45.